The lowest BCUT2D eigenvalue weighted by Gasteiger charge is -2.18. The Morgan fingerprint density at radius 3 is 2.86 bits per heavy atom. The molecule has 1 fully saturated rings. The molecule has 0 saturated heterocycles. The zero-order valence-electron chi connectivity index (χ0n) is 11.4. The number of rotatable bonds is 3. The molecule has 1 aromatic carbocycles. The third-order valence-electron chi connectivity index (χ3n) is 3.98. The molecule has 0 aliphatic heterocycles. The molecular weight excluding hydrogens is 275 g/mol. The summed E-state index contributed by atoms with van der Waals surface area (Å²) in [5.74, 6) is -0.618. The van der Waals surface area contributed by atoms with Crippen LogP contribution >= 0.6 is 0 Å². The second-order valence-electron chi connectivity index (χ2n) is 5.46. The molecule has 0 radical (unpaired) electrons. The molecule has 1 heterocycles. The minimum Gasteiger partial charge on any atom is -0.390 e. The summed E-state index contributed by atoms with van der Waals surface area (Å²) < 4.78 is 14.9. The molecule has 0 bridgehead atoms. The number of nitrogens with one attached hydrogen (secondary N) is 1. The fraction of sp³-hybridized carbons (Fsp3) is 0.400. The number of nitrogens with zero attached hydrogens (tertiary/aromatic N) is 1. The summed E-state index contributed by atoms with van der Waals surface area (Å²) in [4.78, 5) is 12.0. The summed E-state index contributed by atoms with van der Waals surface area (Å²) in [5.41, 5.74) is 0.650. The first kappa shape index (κ1) is 14.0. The molecule has 0 unspecified atom stereocenters. The van der Waals surface area contributed by atoms with E-state index in [0.717, 1.165) is 5.39 Å². The molecular formula is C15H17FN2O3. The summed E-state index contributed by atoms with van der Waals surface area (Å²) in [6, 6.07) is 5.82. The number of amides is 1. The number of hydrogen-bond acceptors (Lipinski definition) is 3. The summed E-state index contributed by atoms with van der Waals surface area (Å²) in [5, 5.41) is 22.8. The number of aromatic nitrogens is 1. The molecule has 1 aliphatic rings. The number of aliphatic hydroxyl groups excluding tert-OH is 2. The number of carbonyl (C=O) groups excluding carboxylic acids is 1. The molecule has 2 aromatic rings. The molecule has 5 nitrogen and oxygen atoms in total. The topological polar surface area (TPSA) is 74.5 Å². The van der Waals surface area contributed by atoms with Gasteiger partial charge in [-0.1, -0.05) is 0 Å². The molecule has 3 atom stereocenters. The zero-order chi connectivity index (χ0) is 15.0. The first-order valence-electron chi connectivity index (χ1n) is 6.94. The van der Waals surface area contributed by atoms with Crippen molar-refractivity contribution in [3.8, 4) is 0 Å². The van der Waals surface area contributed by atoms with Gasteiger partial charge in [0.1, 0.15) is 12.4 Å². The van der Waals surface area contributed by atoms with E-state index in [9.17, 15) is 19.4 Å². The number of fused-ring (bicyclic) bond motifs is 1. The van der Waals surface area contributed by atoms with Crippen LogP contribution in [0.5, 0.6) is 0 Å². The maximum absolute atomic E-state index is 13.3. The van der Waals surface area contributed by atoms with E-state index in [1.165, 1.54) is 12.1 Å². The molecule has 6 heteroatoms. The van der Waals surface area contributed by atoms with Crippen LogP contribution in [-0.4, -0.2) is 38.9 Å². The van der Waals surface area contributed by atoms with Gasteiger partial charge >= 0.3 is 0 Å². The zero-order valence-corrected chi connectivity index (χ0v) is 11.4. The van der Waals surface area contributed by atoms with Gasteiger partial charge in [-0.2, -0.15) is 0 Å². The lowest BCUT2D eigenvalue weighted by molar-refractivity contribution is -0.123. The predicted octanol–water partition coefficient (Wildman–Crippen LogP) is 0.781. The van der Waals surface area contributed by atoms with Gasteiger partial charge in [0.15, 0.2) is 0 Å². The number of carbonyl (C=O) groups is 1. The van der Waals surface area contributed by atoms with E-state index in [-0.39, 0.29) is 18.3 Å². The Balaban J connectivity index is 1.70. The third kappa shape index (κ3) is 2.77. The van der Waals surface area contributed by atoms with Crippen LogP contribution in [0.4, 0.5) is 4.39 Å². The van der Waals surface area contributed by atoms with E-state index in [4.69, 9.17) is 0 Å². The van der Waals surface area contributed by atoms with E-state index in [0.29, 0.717) is 18.4 Å². The Hall–Kier alpha value is -1.92. The normalized spacial score (nSPS) is 25.4. The van der Waals surface area contributed by atoms with Crippen LogP contribution in [0.25, 0.3) is 10.9 Å². The standard InChI is InChI=1S/C15H17FN2O3/c16-10-2-1-9-5-6-18(12(9)7-10)8-14(20)17-11-3-4-13(19)15(11)21/h1-2,5-7,11,13,15,19,21H,3-4,8H2,(H,17,20)/t11-,13-,15-/m1/s1. The minimum atomic E-state index is -0.923. The quantitative estimate of drug-likeness (QED) is 0.782. The van der Waals surface area contributed by atoms with Crippen LogP contribution in [0.15, 0.2) is 30.5 Å². The molecule has 3 N–H and O–H groups in total. The monoisotopic (exact) mass is 292 g/mol. The van der Waals surface area contributed by atoms with Gasteiger partial charge in [-0.05, 0) is 42.5 Å². The van der Waals surface area contributed by atoms with Crippen molar-refractivity contribution < 1.29 is 19.4 Å². The van der Waals surface area contributed by atoms with Gasteiger partial charge in [0, 0.05) is 6.20 Å². The lowest BCUT2D eigenvalue weighted by atomic mass is 10.2. The van der Waals surface area contributed by atoms with Gasteiger partial charge in [0.05, 0.1) is 23.8 Å². The van der Waals surface area contributed by atoms with Crippen molar-refractivity contribution in [3.63, 3.8) is 0 Å². The fourth-order valence-electron chi connectivity index (χ4n) is 2.82. The third-order valence-corrected chi connectivity index (χ3v) is 3.98. The molecule has 3 rings (SSSR count). The van der Waals surface area contributed by atoms with Gasteiger partial charge in [-0.3, -0.25) is 4.79 Å². The lowest BCUT2D eigenvalue weighted by Crippen LogP contribution is -2.44. The van der Waals surface area contributed by atoms with Gasteiger partial charge in [-0.25, -0.2) is 4.39 Å². The van der Waals surface area contributed by atoms with Crippen LogP contribution in [0.2, 0.25) is 0 Å². The maximum atomic E-state index is 13.3. The van der Waals surface area contributed by atoms with Crippen molar-refractivity contribution in [2.24, 2.45) is 0 Å². The number of hydrogen-bond donors (Lipinski definition) is 3. The first-order valence-corrected chi connectivity index (χ1v) is 6.94. The Bertz CT molecular complexity index is 670. The molecule has 0 spiro atoms. The first-order chi connectivity index (χ1) is 10.0. The van der Waals surface area contributed by atoms with Gasteiger partial charge in [-0.15, -0.1) is 0 Å². The highest BCUT2D eigenvalue weighted by Crippen LogP contribution is 2.20. The Morgan fingerprint density at radius 2 is 2.14 bits per heavy atom. The second kappa shape index (κ2) is 5.46. The Labute approximate surface area is 121 Å². The highest BCUT2D eigenvalue weighted by atomic mass is 19.1. The summed E-state index contributed by atoms with van der Waals surface area (Å²) >= 11 is 0. The molecule has 112 valence electrons. The molecule has 1 aliphatic carbocycles. The molecule has 21 heavy (non-hydrogen) atoms. The smallest absolute Gasteiger partial charge is 0.240 e. The van der Waals surface area contributed by atoms with Crippen LogP contribution in [-0.2, 0) is 11.3 Å². The highest BCUT2D eigenvalue weighted by Gasteiger charge is 2.34. The van der Waals surface area contributed by atoms with Crippen LogP contribution in [0.1, 0.15) is 12.8 Å². The maximum Gasteiger partial charge on any atom is 0.240 e. The van der Waals surface area contributed by atoms with Gasteiger partial charge < -0.3 is 20.1 Å². The summed E-state index contributed by atoms with van der Waals surface area (Å²) in [7, 11) is 0. The van der Waals surface area contributed by atoms with E-state index >= 15 is 0 Å². The molecule has 1 saturated carbocycles. The van der Waals surface area contributed by atoms with Crippen molar-refractivity contribution in [1.29, 1.82) is 0 Å². The largest absolute Gasteiger partial charge is 0.390 e. The van der Waals surface area contributed by atoms with Crippen molar-refractivity contribution >= 4 is 16.8 Å². The average molecular weight is 292 g/mol. The van der Waals surface area contributed by atoms with Crippen molar-refractivity contribution in [2.45, 2.75) is 37.6 Å². The Kier molecular flexibility index (Phi) is 3.65. The number of benzene rings is 1. The number of halogens is 1. The van der Waals surface area contributed by atoms with Crippen LogP contribution < -0.4 is 5.32 Å². The Morgan fingerprint density at radius 1 is 1.33 bits per heavy atom. The van der Waals surface area contributed by atoms with E-state index in [1.54, 1.807) is 16.8 Å². The van der Waals surface area contributed by atoms with E-state index in [1.807, 2.05) is 6.07 Å². The number of aliphatic hydroxyl groups is 2. The van der Waals surface area contributed by atoms with Gasteiger partial charge in [0.25, 0.3) is 0 Å². The molecule has 1 amide bonds. The summed E-state index contributed by atoms with van der Waals surface area (Å²) in [6.45, 7) is 0.0479. The van der Waals surface area contributed by atoms with Crippen molar-refractivity contribution in [3.05, 3.63) is 36.3 Å². The minimum absolute atomic E-state index is 0.0479. The van der Waals surface area contributed by atoms with E-state index in [2.05, 4.69) is 5.32 Å². The van der Waals surface area contributed by atoms with Crippen molar-refractivity contribution in [1.82, 2.24) is 9.88 Å². The van der Waals surface area contributed by atoms with Crippen LogP contribution in [0.3, 0.4) is 0 Å². The van der Waals surface area contributed by atoms with Gasteiger partial charge in [0.2, 0.25) is 5.91 Å². The van der Waals surface area contributed by atoms with Crippen molar-refractivity contribution in [2.75, 3.05) is 0 Å². The SMILES string of the molecule is O=C(Cn1ccc2ccc(F)cc21)N[C@@H]1CC[C@@H](O)[C@@H]1O. The van der Waals surface area contributed by atoms with Crippen LogP contribution in [0, 0.1) is 5.82 Å². The second-order valence-corrected chi connectivity index (χ2v) is 5.46. The predicted molar refractivity (Wildman–Crippen MR) is 75.1 cm³/mol. The average Bonchev–Trinajstić information content (AvgIpc) is 2.97. The highest BCUT2D eigenvalue weighted by molar-refractivity contribution is 5.83. The molecule has 1 aromatic heterocycles. The fourth-order valence-corrected chi connectivity index (χ4v) is 2.82. The van der Waals surface area contributed by atoms with E-state index < -0.39 is 18.2 Å². The summed E-state index contributed by atoms with van der Waals surface area (Å²) in [6.07, 6.45) is 1.05.